The van der Waals surface area contributed by atoms with Crippen LogP contribution in [-0.4, -0.2) is 47.9 Å². The lowest BCUT2D eigenvalue weighted by molar-refractivity contribution is -0.139. The average molecular weight is 468 g/mol. The molecule has 0 aliphatic carbocycles. The zero-order chi connectivity index (χ0) is 25.0. The van der Waals surface area contributed by atoms with Gasteiger partial charge in [-0.15, -0.1) is 0 Å². The van der Waals surface area contributed by atoms with Crippen LogP contribution in [0.5, 0.6) is 11.5 Å². The van der Waals surface area contributed by atoms with Crippen molar-refractivity contribution in [3.8, 4) is 11.5 Å². The maximum absolute atomic E-state index is 11.9. The zero-order valence-corrected chi connectivity index (χ0v) is 19.5. The van der Waals surface area contributed by atoms with Gasteiger partial charge in [0.15, 0.2) is 11.5 Å². The Morgan fingerprint density at radius 1 is 1.00 bits per heavy atom. The summed E-state index contributed by atoms with van der Waals surface area (Å²) in [5.41, 5.74) is 6.34. The second-order valence-electron chi connectivity index (χ2n) is 7.45. The number of rotatable bonds is 13. The topological polar surface area (TPSA) is 151 Å². The Hall–Kier alpha value is -3.14. The molecule has 3 N–H and O–H groups in total. The Labute approximate surface area is 193 Å². The SMILES string of the molecule is CCCCOC(=O)OC(C)CC(c1ccc(OC(=O)CC)c(OC(=O)CC)c1)[C@H](N)C(=O)O. The van der Waals surface area contributed by atoms with Gasteiger partial charge in [-0.2, -0.15) is 0 Å². The van der Waals surface area contributed by atoms with Crippen LogP contribution < -0.4 is 15.2 Å². The number of carboxylic acids is 1. The largest absolute Gasteiger partial charge is 0.508 e. The quantitative estimate of drug-likeness (QED) is 0.250. The molecule has 10 nitrogen and oxygen atoms in total. The van der Waals surface area contributed by atoms with E-state index in [9.17, 15) is 24.3 Å². The van der Waals surface area contributed by atoms with E-state index in [1.54, 1.807) is 20.8 Å². The molecule has 0 aliphatic heterocycles. The molecule has 0 saturated heterocycles. The number of carboxylic acid groups (broad SMARTS) is 1. The van der Waals surface area contributed by atoms with E-state index < -0.39 is 42.1 Å². The van der Waals surface area contributed by atoms with Gasteiger partial charge in [-0.25, -0.2) is 4.79 Å². The van der Waals surface area contributed by atoms with Crippen molar-refractivity contribution in [2.45, 2.75) is 77.9 Å². The number of hydrogen-bond acceptors (Lipinski definition) is 9. The number of esters is 2. The van der Waals surface area contributed by atoms with Gasteiger partial charge in [-0.05, 0) is 37.5 Å². The highest BCUT2D eigenvalue weighted by Gasteiger charge is 2.30. The number of ether oxygens (including phenoxy) is 4. The van der Waals surface area contributed by atoms with Crippen LogP contribution in [0.4, 0.5) is 4.79 Å². The highest BCUT2D eigenvalue weighted by atomic mass is 16.7. The summed E-state index contributed by atoms with van der Waals surface area (Å²) in [5.74, 6) is -3.16. The molecule has 0 amide bonds. The van der Waals surface area contributed by atoms with E-state index in [-0.39, 0.29) is 37.4 Å². The number of aliphatic carboxylic acids is 1. The van der Waals surface area contributed by atoms with Gasteiger partial charge < -0.3 is 29.8 Å². The van der Waals surface area contributed by atoms with Gasteiger partial charge in [-0.1, -0.05) is 33.3 Å². The molecule has 0 heterocycles. The zero-order valence-electron chi connectivity index (χ0n) is 19.5. The monoisotopic (exact) mass is 467 g/mol. The molecule has 1 aromatic carbocycles. The molecule has 1 aromatic rings. The summed E-state index contributed by atoms with van der Waals surface area (Å²) in [6.07, 6.45) is 0.238. The number of nitrogens with two attached hydrogens (primary N) is 1. The van der Waals surface area contributed by atoms with Gasteiger partial charge in [0.05, 0.1) is 6.61 Å². The van der Waals surface area contributed by atoms with Crippen molar-refractivity contribution in [3.05, 3.63) is 23.8 Å². The molecule has 184 valence electrons. The maximum atomic E-state index is 11.9. The Morgan fingerprint density at radius 3 is 2.15 bits per heavy atom. The molecule has 10 heteroatoms. The van der Waals surface area contributed by atoms with Gasteiger partial charge in [-0.3, -0.25) is 14.4 Å². The first-order valence-corrected chi connectivity index (χ1v) is 11.0. The molecular weight excluding hydrogens is 434 g/mol. The first-order chi connectivity index (χ1) is 15.6. The average Bonchev–Trinajstić information content (AvgIpc) is 2.77. The van der Waals surface area contributed by atoms with E-state index in [4.69, 9.17) is 24.7 Å². The third-order valence-corrected chi connectivity index (χ3v) is 4.74. The third-order valence-electron chi connectivity index (χ3n) is 4.74. The van der Waals surface area contributed by atoms with E-state index in [0.29, 0.717) is 12.0 Å². The molecular formula is C23H33NO9. The third kappa shape index (κ3) is 9.48. The molecule has 0 bridgehead atoms. The fourth-order valence-corrected chi connectivity index (χ4v) is 2.87. The summed E-state index contributed by atoms with van der Waals surface area (Å²) in [6.45, 7) is 6.99. The number of carbonyl (C=O) groups excluding carboxylic acids is 3. The lowest BCUT2D eigenvalue weighted by atomic mass is 9.87. The summed E-state index contributed by atoms with van der Waals surface area (Å²) >= 11 is 0. The van der Waals surface area contributed by atoms with Crippen LogP contribution in [-0.2, 0) is 23.9 Å². The molecule has 0 saturated carbocycles. The number of carbonyl (C=O) groups is 4. The molecule has 0 radical (unpaired) electrons. The number of benzene rings is 1. The molecule has 2 unspecified atom stereocenters. The number of hydrogen-bond donors (Lipinski definition) is 2. The van der Waals surface area contributed by atoms with E-state index in [0.717, 1.165) is 6.42 Å². The van der Waals surface area contributed by atoms with Crippen molar-refractivity contribution in [2.75, 3.05) is 6.61 Å². The number of unbranched alkanes of at least 4 members (excludes halogenated alkanes) is 1. The van der Waals surface area contributed by atoms with Crippen LogP contribution in [0.25, 0.3) is 0 Å². The van der Waals surface area contributed by atoms with Gasteiger partial charge >= 0.3 is 24.1 Å². The Balaban J connectivity index is 3.17. The summed E-state index contributed by atoms with van der Waals surface area (Å²) < 4.78 is 20.7. The predicted molar refractivity (Wildman–Crippen MR) is 118 cm³/mol. The molecule has 3 atom stereocenters. The van der Waals surface area contributed by atoms with Crippen molar-refractivity contribution in [1.82, 2.24) is 0 Å². The van der Waals surface area contributed by atoms with E-state index in [1.807, 2.05) is 6.92 Å². The standard InChI is InChI=1S/C23H33NO9/c1-5-8-11-30-23(29)31-14(4)12-16(21(24)22(27)28)15-9-10-17(32-19(25)6-2)18(13-15)33-20(26)7-3/h9-10,13-14,16,21H,5-8,11-12,24H2,1-4H3,(H,27,28)/t14?,16?,21-/m0/s1. The summed E-state index contributed by atoms with van der Waals surface area (Å²) in [6, 6.07) is 3.01. The van der Waals surface area contributed by atoms with Crippen LogP contribution >= 0.6 is 0 Å². The summed E-state index contributed by atoms with van der Waals surface area (Å²) in [5, 5.41) is 9.50. The lowest BCUT2D eigenvalue weighted by Crippen LogP contribution is -2.38. The summed E-state index contributed by atoms with van der Waals surface area (Å²) in [4.78, 5) is 47.1. The fraction of sp³-hybridized carbons (Fsp3) is 0.565. The van der Waals surface area contributed by atoms with Gasteiger partial charge in [0.25, 0.3) is 0 Å². The van der Waals surface area contributed by atoms with Crippen molar-refractivity contribution < 1.29 is 43.2 Å². The van der Waals surface area contributed by atoms with Gasteiger partial charge in [0, 0.05) is 18.8 Å². The first-order valence-electron chi connectivity index (χ1n) is 11.0. The normalized spacial score (nSPS) is 13.4. The van der Waals surface area contributed by atoms with Crippen molar-refractivity contribution in [1.29, 1.82) is 0 Å². The Morgan fingerprint density at radius 2 is 1.61 bits per heavy atom. The van der Waals surface area contributed by atoms with E-state index >= 15 is 0 Å². The molecule has 33 heavy (non-hydrogen) atoms. The fourth-order valence-electron chi connectivity index (χ4n) is 2.87. The molecule has 0 spiro atoms. The van der Waals surface area contributed by atoms with Crippen LogP contribution in [0, 0.1) is 0 Å². The Kier molecular flexibility index (Phi) is 11.9. The minimum atomic E-state index is -1.34. The molecule has 0 aliphatic rings. The summed E-state index contributed by atoms with van der Waals surface area (Å²) in [7, 11) is 0. The molecule has 0 fully saturated rings. The molecule has 0 aromatic heterocycles. The second-order valence-corrected chi connectivity index (χ2v) is 7.45. The van der Waals surface area contributed by atoms with Crippen molar-refractivity contribution >= 4 is 24.1 Å². The highest BCUT2D eigenvalue weighted by Crippen LogP contribution is 2.35. The van der Waals surface area contributed by atoms with Crippen molar-refractivity contribution in [2.24, 2.45) is 5.73 Å². The highest BCUT2D eigenvalue weighted by molar-refractivity contribution is 5.77. The van der Waals surface area contributed by atoms with E-state index in [1.165, 1.54) is 18.2 Å². The minimum absolute atomic E-state index is 0.0267. The van der Waals surface area contributed by atoms with Crippen LogP contribution in [0.15, 0.2) is 18.2 Å². The van der Waals surface area contributed by atoms with E-state index in [2.05, 4.69) is 0 Å². The van der Waals surface area contributed by atoms with Crippen LogP contribution in [0.3, 0.4) is 0 Å². The minimum Gasteiger partial charge on any atom is -0.480 e. The van der Waals surface area contributed by atoms with Gasteiger partial charge in [0.1, 0.15) is 12.1 Å². The maximum Gasteiger partial charge on any atom is 0.508 e. The van der Waals surface area contributed by atoms with Crippen LogP contribution in [0.2, 0.25) is 0 Å². The smallest absolute Gasteiger partial charge is 0.480 e. The Bertz CT molecular complexity index is 824. The van der Waals surface area contributed by atoms with Crippen LogP contribution in [0.1, 0.15) is 71.3 Å². The van der Waals surface area contributed by atoms with Gasteiger partial charge in [0.2, 0.25) is 0 Å². The first kappa shape index (κ1) is 27.9. The lowest BCUT2D eigenvalue weighted by Gasteiger charge is -2.25. The van der Waals surface area contributed by atoms with Crippen molar-refractivity contribution in [3.63, 3.8) is 0 Å². The second kappa shape index (κ2) is 14.1. The molecule has 1 rings (SSSR count). The predicted octanol–water partition coefficient (Wildman–Crippen LogP) is 3.54.